The Labute approximate surface area is 585 Å². The van der Waals surface area contributed by atoms with E-state index in [0.717, 1.165) is 129 Å². The molecule has 562 valence electrons. The Bertz CT molecular complexity index is 1960. The quantitative estimate of drug-likeness (QED) is 0.0268. The Kier molecular flexibility index (Phi) is 67.2. The molecule has 0 saturated heterocycles. The smallest absolute Gasteiger partial charge is 0.223 e. The van der Waals surface area contributed by atoms with Crippen molar-refractivity contribution in [3.8, 4) is 0 Å². The van der Waals surface area contributed by atoms with Gasteiger partial charge in [0.05, 0.1) is 12.1 Å². The van der Waals surface area contributed by atoms with Gasteiger partial charge in [-0.15, -0.1) is 0 Å². The molecule has 0 rings (SSSR count). The Morgan fingerprint density at radius 1 is 0.253 bits per heavy atom. The fourth-order valence-electron chi connectivity index (χ4n) is 10.9. The van der Waals surface area contributed by atoms with Crippen molar-refractivity contribution in [1.82, 2.24) is 42.5 Å². The van der Waals surface area contributed by atoms with Crippen LogP contribution in [-0.4, -0.2) is 109 Å². The Morgan fingerprint density at radius 3 is 0.747 bits per heavy atom. The van der Waals surface area contributed by atoms with Crippen LogP contribution in [0.1, 0.15) is 351 Å². The topological polar surface area (TPSA) is 250 Å². The summed E-state index contributed by atoms with van der Waals surface area (Å²) >= 11 is 0. The van der Waals surface area contributed by atoms with Crippen molar-refractivity contribution in [2.24, 2.45) is 41.4 Å². The number of amides is 7. The second-order valence-electron chi connectivity index (χ2n) is 29.6. The number of hydrogen-bond donors (Lipinski definition) is 8. The summed E-state index contributed by atoms with van der Waals surface area (Å²) in [6.07, 6.45) is 25.8. The van der Waals surface area contributed by atoms with Gasteiger partial charge < -0.3 is 42.5 Å². The molecule has 0 aliphatic carbocycles. The Balaban J connectivity index is -0.000000555. The Morgan fingerprint density at radius 2 is 0.495 bits per heavy atom. The maximum atomic E-state index is 13.7. The van der Waals surface area contributed by atoms with Crippen molar-refractivity contribution in [2.75, 3.05) is 26.2 Å². The number of carbonyl (C=O) groups excluding carboxylic acids is 9. The summed E-state index contributed by atoms with van der Waals surface area (Å²) in [5, 5.41) is 24.3. The number of hydrogen-bond acceptors (Lipinski definition) is 10. The minimum atomic E-state index is -0.659. The fourth-order valence-corrected chi connectivity index (χ4v) is 10.9. The minimum Gasteiger partial charge on any atom is -0.356 e. The highest BCUT2D eigenvalue weighted by molar-refractivity contribution is 5.93. The first-order valence-electron chi connectivity index (χ1n) is 37.3. The normalized spacial score (nSPS) is 12.5. The van der Waals surface area contributed by atoms with Crippen molar-refractivity contribution in [3.63, 3.8) is 0 Å². The summed E-state index contributed by atoms with van der Waals surface area (Å²) in [5.74, 6) is 1.79. The molecule has 0 aromatic heterocycles. The van der Waals surface area contributed by atoms with Crippen LogP contribution >= 0.6 is 0 Å². The van der Waals surface area contributed by atoms with Crippen LogP contribution in [0.15, 0.2) is 0 Å². The molecule has 17 nitrogen and oxygen atoms in total. The van der Waals surface area contributed by atoms with Crippen LogP contribution in [0.4, 0.5) is 0 Å². The zero-order valence-electron chi connectivity index (χ0n) is 62.0. The summed E-state index contributed by atoms with van der Waals surface area (Å²) in [6.45, 7) is 36.3. The van der Waals surface area contributed by atoms with E-state index in [1.54, 1.807) is 0 Å². The van der Waals surface area contributed by atoms with Crippen molar-refractivity contribution in [2.45, 2.75) is 382 Å². The molecule has 17 heteroatoms. The summed E-state index contributed by atoms with van der Waals surface area (Å²) in [5.41, 5.74) is 0. The maximum Gasteiger partial charge on any atom is 0.223 e. The molecular formula is C78H156N8O9. The van der Waals surface area contributed by atoms with E-state index in [0.29, 0.717) is 139 Å². The first kappa shape index (κ1) is 99.3. The molecule has 95 heavy (non-hydrogen) atoms. The monoisotopic (exact) mass is 1350 g/mol. The van der Waals surface area contributed by atoms with Gasteiger partial charge in [0.1, 0.15) is 0 Å². The van der Waals surface area contributed by atoms with Gasteiger partial charge in [0, 0.05) is 94.5 Å². The number of unbranched alkanes of at least 4 members (excludes halogenated alkanes) is 9. The number of nitrogens with one attached hydrogen (secondary N) is 8. The molecule has 7 amide bonds. The third kappa shape index (κ3) is 65.3. The first-order chi connectivity index (χ1) is 43.5. The van der Waals surface area contributed by atoms with E-state index in [1.807, 2.05) is 27.7 Å². The predicted octanol–water partition coefficient (Wildman–Crippen LogP) is 16.2. The SMILES string of the molecule is C.C.C.CC(C)CCCCC(=O)NCCCCC(CC(=O)C(CCCCNC(=O)CCCCC(C)C)NC(=O)CCCCC(C)C)C(=O)NC(C)C.CC(C)CCCCC(=O)NCCCCC(NC(=O)CCCCC(C)C)C(=O)CC(CCCCNC(C)C)C(=O)NC(C)C. The summed E-state index contributed by atoms with van der Waals surface area (Å²) in [4.78, 5) is 116. The van der Waals surface area contributed by atoms with Gasteiger partial charge in [-0.05, 0) is 160 Å². The van der Waals surface area contributed by atoms with Crippen molar-refractivity contribution in [3.05, 3.63) is 0 Å². The van der Waals surface area contributed by atoms with Gasteiger partial charge in [-0.1, -0.05) is 182 Å². The number of ketones is 2. The minimum absolute atomic E-state index is 0. The van der Waals surface area contributed by atoms with Crippen LogP contribution in [-0.2, 0) is 43.2 Å². The molecule has 0 aromatic rings. The molecular weight excluding hydrogens is 1190 g/mol. The molecule has 0 radical (unpaired) electrons. The molecule has 0 fully saturated rings. The largest absolute Gasteiger partial charge is 0.356 e. The number of carbonyl (C=O) groups is 9. The molecule has 4 unspecified atom stereocenters. The standard InChI is InChI=1S/C40H76N4O5.C35H68N4O4.3CH4/c1-30(2)19-9-12-24-37(46)41-27-17-15-22-34(40(49)43-33(7)8)29-36(45)35(44-39(48)26-14-11-21-32(5)6)23-16-18-28-42-38(47)25-13-10-20-31(3)4;1-26(2)17-9-11-21-33(41)37-24-16-14-20-31(39-34(42)22-12-10-18-27(3)4)32(40)25-30(35(43)38-29(7)8)19-13-15-23-36-28(5)6;;;/h30-35H,9-29H2,1-8H3,(H,41,46)(H,42,47)(H,43,49)(H,44,48);26-31,36H,9-25H2,1-8H3,(H,37,41)(H,38,43)(H,39,42);3*1H4. The van der Waals surface area contributed by atoms with Crippen molar-refractivity contribution >= 4 is 52.9 Å². The van der Waals surface area contributed by atoms with Crippen LogP contribution in [0.5, 0.6) is 0 Å². The fraction of sp³-hybridized carbons (Fsp3) is 0.885. The lowest BCUT2D eigenvalue weighted by Gasteiger charge is -2.22. The number of Topliss-reactive ketones (excluding diaryl/α,β-unsaturated/α-hetero) is 2. The Hall–Kier alpha value is -4.41. The lowest BCUT2D eigenvalue weighted by molar-refractivity contribution is -0.132. The third-order valence-electron chi connectivity index (χ3n) is 16.4. The van der Waals surface area contributed by atoms with E-state index in [-0.39, 0.29) is 100 Å². The van der Waals surface area contributed by atoms with E-state index < -0.39 is 23.9 Å². The molecule has 0 saturated carbocycles. The highest BCUT2D eigenvalue weighted by Gasteiger charge is 2.30. The van der Waals surface area contributed by atoms with Crippen LogP contribution in [0, 0.1) is 41.4 Å². The van der Waals surface area contributed by atoms with Gasteiger partial charge in [-0.2, -0.15) is 0 Å². The molecule has 4 atom stereocenters. The molecule has 0 spiro atoms. The lowest BCUT2D eigenvalue weighted by Crippen LogP contribution is -2.43. The average Bonchev–Trinajstić information content (AvgIpc) is 1.19. The molecule has 0 bridgehead atoms. The van der Waals surface area contributed by atoms with E-state index in [2.05, 4.69) is 126 Å². The zero-order chi connectivity index (χ0) is 69.7. The van der Waals surface area contributed by atoms with Crippen molar-refractivity contribution in [1.29, 1.82) is 0 Å². The number of rotatable bonds is 58. The van der Waals surface area contributed by atoms with Crippen LogP contribution < -0.4 is 42.5 Å². The van der Waals surface area contributed by atoms with Gasteiger partial charge in [-0.25, -0.2) is 0 Å². The third-order valence-corrected chi connectivity index (χ3v) is 16.4. The molecule has 8 N–H and O–H groups in total. The van der Waals surface area contributed by atoms with Crippen LogP contribution in [0.25, 0.3) is 0 Å². The molecule has 0 aliphatic rings. The predicted molar refractivity (Wildman–Crippen MR) is 401 cm³/mol. The second kappa shape index (κ2) is 64.3. The maximum absolute atomic E-state index is 13.7. The van der Waals surface area contributed by atoms with Gasteiger partial charge in [0.2, 0.25) is 41.4 Å². The van der Waals surface area contributed by atoms with E-state index >= 15 is 0 Å². The van der Waals surface area contributed by atoms with Gasteiger partial charge >= 0.3 is 0 Å². The van der Waals surface area contributed by atoms with Gasteiger partial charge in [0.15, 0.2) is 11.6 Å². The van der Waals surface area contributed by atoms with Crippen LogP contribution in [0.3, 0.4) is 0 Å². The summed E-state index contributed by atoms with van der Waals surface area (Å²) in [6, 6.07) is -0.902. The second-order valence-corrected chi connectivity index (χ2v) is 29.6. The summed E-state index contributed by atoms with van der Waals surface area (Å²) < 4.78 is 0. The van der Waals surface area contributed by atoms with E-state index in [1.165, 1.54) is 0 Å². The highest BCUT2D eigenvalue weighted by atomic mass is 16.2. The zero-order valence-corrected chi connectivity index (χ0v) is 62.0. The average molecular weight is 1350 g/mol. The lowest BCUT2D eigenvalue weighted by atomic mass is 9.90. The molecule has 0 aliphatic heterocycles. The first-order valence-corrected chi connectivity index (χ1v) is 37.3. The van der Waals surface area contributed by atoms with E-state index in [4.69, 9.17) is 0 Å². The molecule has 0 aromatic carbocycles. The molecule has 0 heterocycles. The van der Waals surface area contributed by atoms with Crippen LogP contribution in [0.2, 0.25) is 0 Å². The van der Waals surface area contributed by atoms with Crippen molar-refractivity contribution < 1.29 is 43.2 Å². The van der Waals surface area contributed by atoms with Gasteiger partial charge in [0.25, 0.3) is 0 Å². The van der Waals surface area contributed by atoms with Gasteiger partial charge in [-0.3, -0.25) is 43.2 Å². The highest BCUT2D eigenvalue weighted by Crippen LogP contribution is 2.21. The summed E-state index contributed by atoms with van der Waals surface area (Å²) in [7, 11) is 0. The van der Waals surface area contributed by atoms with E-state index in [9.17, 15) is 43.2 Å².